The number of anilines is 1. The van der Waals surface area contributed by atoms with Crippen molar-refractivity contribution in [2.75, 3.05) is 45.2 Å². The van der Waals surface area contributed by atoms with Gasteiger partial charge in [0, 0.05) is 51.6 Å². The predicted octanol–water partition coefficient (Wildman–Crippen LogP) is 5.44. The molecule has 2 saturated heterocycles. The Morgan fingerprint density at radius 3 is 1.95 bits per heavy atom. The second-order valence-electron chi connectivity index (χ2n) is 10.4. The molecule has 2 heterocycles. The number of nitrogens with one attached hydrogen (secondary N) is 1. The van der Waals surface area contributed by atoms with E-state index in [1.165, 1.54) is 36.2 Å². The molecule has 2 aliphatic rings. The van der Waals surface area contributed by atoms with Crippen LogP contribution in [0.5, 0.6) is 0 Å². The molecule has 3 amide bonds. The first kappa shape index (κ1) is 30.5. The third-order valence-electron chi connectivity index (χ3n) is 7.70. The molecular weight excluding hydrogens is 564 g/mol. The van der Waals surface area contributed by atoms with E-state index in [1.54, 1.807) is 0 Å². The van der Waals surface area contributed by atoms with Gasteiger partial charge in [0.15, 0.2) is 5.67 Å². The highest BCUT2D eigenvalue weighted by atomic mass is 19.4. The molecule has 41 heavy (non-hydrogen) atoms. The van der Waals surface area contributed by atoms with Crippen molar-refractivity contribution in [3.8, 4) is 0 Å². The lowest BCUT2D eigenvalue weighted by Crippen LogP contribution is -2.52. The van der Waals surface area contributed by atoms with Gasteiger partial charge in [0.25, 0.3) is 5.91 Å². The fourth-order valence-corrected chi connectivity index (χ4v) is 5.32. The summed E-state index contributed by atoms with van der Waals surface area (Å²) in [6, 6.07) is 4.27. The van der Waals surface area contributed by atoms with Gasteiger partial charge in [-0.15, -0.1) is 0 Å². The molecule has 2 aliphatic heterocycles. The van der Waals surface area contributed by atoms with E-state index in [2.05, 4.69) is 5.32 Å². The second-order valence-corrected chi connectivity index (χ2v) is 10.4. The van der Waals surface area contributed by atoms with Gasteiger partial charge in [0.05, 0.1) is 17.2 Å². The van der Waals surface area contributed by atoms with Crippen molar-refractivity contribution in [1.82, 2.24) is 15.1 Å². The lowest BCUT2D eigenvalue weighted by Gasteiger charge is -2.34. The quantitative estimate of drug-likeness (QED) is 0.482. The number of likely N-dealkylation sites (tertiary alicyclic amines) is 1. The van der Waals surface area contributed by atoms with Crippen LogP contribution in [0.3, 0.4) is 0 Å². The van der Waals surface area contributed by atoms with Crippen LogP contribution in [-0.4, -0.2) is 73.7 Å². The van der Waals surface area contributed by atoms with E-state index in [0.717, 1.165) is 11.9 Å². The molecule has 2 aromatic carbocycles. The Labute approximate surface area is 230 Å². The molecule has 1 N–H and O–H groups in total. The number of carbonyl (C=O) groups is 2. The Morgan fingerprint density at radius 2 is 1.44 bits per heavy atom. The van der Waals surface area contributed by atoms with Gasteiger partial charge in [-0.3, -0.25) is 9.69 Å². The Bertz CT molecular complexity index is 1240. The third kappa shape index (κ3) is 6.41. The molecule has 4 rings (SSSR count). The van der Waals surface area contributed by atoms with E-state index in [1.807, 2.05) is 0 Å². The van der Waals surface area contributed by atoms with Gasteiger partial charge in [0.1, 0.15) is 5.82 Å². The summed E-state index contributed by atoms with van der Waals surface area (Å²) in [6.07, 6.45) is -10.3. The van der Waals surface area contributed by atoms with Crippen LogP contribution in [0.15, 0.2) is 42.5 Å². The summed E-state index contributed by atoms with van der Waals surface area (Å²) in [5, 5.41) is 2.98. The number of halogens is 8. The van der Waals surface area contributed by atoms with Gasteiger partial charge in [-0.05, 0) is 49.0 Å². The molecule has 0 aromatic heterocycles. The molecule has 2 aromatic rings. The van der Waals surface area contributed by atoms with Gasteiger partial charge in [-0.1, -0.05) is 12.1 Å². The van der Waals surface area contributed by atoms with Crippen molar-refractivity contribution < 1.29 is 44.7 Å². The first-order valence-electron chi connectivity index (χ1n) is 12.8. The number of likely N-dealkylation sites (N-methyl/N-ethyl adjacent to an activating group) is 1. The van der Waals surface area contributed by atoms with E-state index >= 15 is 4.39 Å². The van der Waals surface area contributed by atoms with E-state index < -0.39 is 64.6 Å². The highest BCUT2D eigenvalue weighted by Crippen LogP contribution is 2.39. The lowest BCUT2D eigenvalue weighted by molar-refractivity contribution is -0.145. The number of alkyl halides is 7. The summed E-state index contributed by atoms with van der Waals surface area (Å²) < 4.78 is 110. The summed E-state index contributed by atoms with van der Waals surface area (Å²) >= 11 is 0. The topological polar surface area (TPSA) is 55.9 Å². The normalized spacial score (nSPS) is 21.1. The predicted molar refractivity (Wildman–Crippen MR) is 133 cm³/mol. The van der Waals surface area contributed by atoms with Crippen molar-refractivity contribution in [1.29, 1.82) is 0 Å². The minimum atomic E-state index is -5.11. The second kappa shape index (κ2) is 11.1. The Hall–Kier alpha value is -3.42. The van der Waals surface area contributed by atoms with E-state index in [0.29, 0.717) is 35.7 Å². The van der Waals surface area contributed by atoms with Crippen molar-refractivity contribution in [2.24, 2.45) is 0 Å². The SMILES string of the molecule is CN(C(=O)N(C)C1CN(C(=O)C2(F)CCNCC2)CC1c1ccc(F)cc1)c1cc(C(F)(F)F)cc(C(F)(F)F)c1. The van der Waals surface area contributed by atoms with Crippen molar-refractivity contribution in [3.05, 3.63) is 65.0 Å². The van der Waals surface area contributed by atoms with E-state index in [9.17, 15) is 40.3 Å². The minimum Gasteiger partial charge on any atom is -0.337 e. The first-order valence-corrected chi connectivity index (χ1v) is 12.8. The largest absolute Gasteiger partial charge is 0.416 e. The maximum absolute atomic E-state index is 15.6. The highest BCUT2D eigenvalue weighted by Gasteiger charge is 2.48. The number of rotatable bonds is 4. The van der Waals surface area contributed by atoms with E-state index in [-0.39, 0.29) is 32.0 Å². The Kier molecular flexibility index (Phi) is 8.27. The molecule has 2 fully saturated rings. The molecule has 0 saturated carbocycles. The zero-order chi connectivity index (χ0) is 30.3. The first-order chi connectivity index (χ1) is 19.0. The Morgan fingerprint density at radius 1 is 0.902 bits per heavy atom. The van der Waals surface area contributed by atoms with Crippen molar-refractivity contribution in [2.45, 2.75) is 42.8 Å². The van der Waals surface area contributed by atoms with Crippen LogP contribution in [0.25, 0.3) is 0 Å². The monoisotopic (exact) mass is 592 g/mol. The molecular formula is C27H28F8N4O2. The van der Waals surface area contributed by atoms with Crippen LogP contribution >= 0.6 is 0 Å². The third-order valence-corrected chi connectivity index (χ3v) is 7.70. The average Bonchev–Trinajstić information content (AvgIpc) is 3.36. The van der Waals surface area contributed by atoms with Crippen molar-refractivity contribution in [3.63, 3.8) is 0 Å². The number of hydrogen-bond donors (Lipinski definition) is 1. The maximum Gasteiger partial charge on any atom is 0.416 e. The zero-order valence-electron chi connectivity index (χ0n) is 22.1. The zero-order valence-corrected chi connectivity index (χ0v) is 22.1. The van der Waals surface area contributed by atoms with E-state index in [4.69, 9.17) is 0 Å². The van der Waals surface area contributed by atoms with Gasteiger partial charge in [-0.25, -0.2) is 13.6 Å². The fraction of sp³-hybridized carbons (Fsp3) is 0.481. The molecule has 0 spiro atoms. The van der Waals surface area contributed by atoms with Gasteiger partial charge in [-0.2, -0.15) is 26.3 Å². The number of nitrogens with zero attached hydrogens (tertiary/aromatic N) is 3. The van der Waals surface area contributed by atoms with Crippen LogP contribution in [0.1, 0.15) is 35.4 Å². The van der Waals surface area contributed by atoms with Gasteiger partial charge >= 0.3 is 18.4 Å². The summed E-state index contributed by atoms with van der Waals surface area (Å²) in [4.78, 5) is 29.7. The molecule has 0 aliphatic carbocycles. The summed E-state index contributed by atoms with van der Waals surface area (Å²) in [7, 11) is 2.33. The number of carbonyl (C=O) groups excluding carboxylic acids is 2. The van der Waals surface area contributed by atoms with Crippen LogP contribution in [-0.2, 0) is 17.1 Å². The molecule has 224 valence electrons. The maximum atomic E-state index is 15.6. The lowest BCUT2D eigenvalue weighted by atomic mass is 9.92. The summed E-state index contributed by atoms with van der Waals surface area (Å²) in [5.74, 6) is -1.95. The summed E-state index contributed by atoms with van der Waals surface area (Å²) in [6.45, 7) is 0.408. The minimum absolute atomic E-state index is 0.0304. The number of piperidine rings is 1. The average molecular weight is 593 g/mol. The highest BCUT2D eigenvalue weighted by molar-refractivity contribution is 5.92. The number of hydrogen-bond acceptors (Lipinski definition) is 3. The van der Waals surface area contributed by atoms with Crippen LogP contribution in [0.4, 0.5) is 45.6 Å². The number of benzene rings is 2. The fourth-order valence-electron chi connectivity index (χ4n) is 5.32. The van der Waals surface area contributed by atoms with Gasteiger partial charge in [0.2, 0.25) is 0 Å². The standard InChI is InChI=1S/C27H28F8N4O2/c1-37(20-12-17(26(30,31)32)11-18(13-20)27(33,34)35)24(41)38(2)22-15-39(23(40)25(29)7-9-36-10-8-25)14-21(22)16-3-5-19(28)6-4-16/h3-6,11-13,21-22,36H,7-10,14-15H2,1-2H3. The smallest absolute Gasteiger partial charge is 0.337 e. The van der Waals surface area contributed by atoms with Crippen molar-refractivity contribution >= 4 is 17.6 Å². The molecule has 2 atom stereocenters. The van der Waals surface area contributed by atoms with Crippen LogP contribution in [0, 0.1) is 5.82 Å². The van der Waals surface area contributed by atoms with Gasteiger partial charge < -0.3 is 15.1 Å². The molecule has 0 bridgehead atoms. The van der Waals surface area contributed by atoms with Crippen LogP contribution < -0.4 is 10.2 Å². The Balaban J connectivity index is 1.65. The molecule has 6 nitrogen and oxygen atoms in total. The number of urea groups is 1. The number of amides is 3. The molecule has 0 radical (unpaired) electrons. The molecule has 14 heteroatoms. The molecule has 2 unspecified atom stereocenters. The summed E-state index contributed by atoms with van der Waals surface area (Å²) in [5.41, 5.74) is -5.42. The van der Waals surface area contributed by atoms with Crippen LogP contribution in [0.2, 0.25) is 0 Å².